The summed E-state index contributed by atoms with van der Waals surface area (Å²) in [6, 6.07) is 4.56. The summed E-state index contributed by atoms with van der Waals surface area (Å²) < 4.78 is 10.8. The summed E-state index contributed by atoms with van der Waals surface area (Å²) in [6.45, 7) is 4.17. The Balaban J connectivity index is 0.00000128. The third-order valence-corrected chi connectivity index (χ3v) is 21.3. The Morgan fingerprint density at radius 2 is 1.82 bits per heavy atom. The van der Waals surface area contributed by atoms with Crippen molar-refractivity contribution >= 4 is 11.2 Å². The molecule has 1 aliphatic carbocycles. The van der Waals surface area contributed by atoms with E-state index in [0.29, 0.717) is 0 Å². The van der Waals surface area contributed by atoms with Gasteiger partial charge >= 0.3 is 95.5 Å². The molecule has 0 bridgehead atoms. The number of hydrogen-bond acceptors (Lipinski definition) is 0. The van der Waals surface area contributed by atoms with Crippen molar-refractivity contribution in [3.63, 3.8) is 0 Å². The van der Waals surface area contributed by atoms with E-state index < -0.39 is 18.8 Å². The molecular formula is C13H18Cl2PZr. The molecular weight excluding hydrogens is 349 g/mol. The van der Waals surface area contributed by atoms with Gasteiger partial charge in [0.1, 0.15) is 0 Å². The van der Waals surface area contributed by atoms with Crippen LogP contribution in [0.2, 0.25) is 13.9 Å². The molecule has 0 saturated heterocycles. The summed E-state index contributed by atoms with van der Waals surface area (Å²) in [7, 11) is 0.903. The van der Waals surface area contributed by atoms with E-state index >= 15 is 0 Å². The molecule has 0 radical (unpaired) electrons. The monoisotopic (exact) mass is 365 g/mol. The van der Waals surface area contributed by atoms with Crippen LogP contribution in [0.25, 0.3) is 0 Å². The van der Waals surface area contributed by atoms with Crippen LogP contribution in [-0.2, 0) is 18.8 Å². The molecule has 0 fully saturated rings. The summed E-state index contributed by atoms with van der Waals surface area (Å²) in [5.41, 5.74) is 1.24. The maximum atomic E-state index is 4.17. The van der Waals surface area contributed by atoms with E-state index in [9.17, 15) is 0 Å². The van der Waals surface area contributed by atoms with Crippen LogP contribution in [0.3, 0.4) is 0 Å². The summed E-state index contributed by atoms with van der Waals surface area (Å²) in [5, 5.41) is 0. The molecule has 0 saturated carbocycles. The molecule has 1 atom stereocenters. The summed E-state index contributed by atoms with van der Waals surface area (Å²) in [4.78, 5) is 0. The van der Waals surface area contributed by atoms with Crippen LogP contribution in [0, 0.1) is 0 Å². The number of halogens is 2. The summed E-state index contributed by atoms with van der Waals surface area (Å²) in [6.07, 6.45) is 6.58. The van der Waals surface area contributed by atoms with Gasteiger partial charge in [-0.2, -0.15) is 0 Å². The van der Waals surface area contributed by atoms with Gasteiger partial charge in [-0.1, -0.05) is 0 Å². The zero-order chi connectivity index (χ0) is 11.1. The quantitative estimate of drug-likeness (QED) is 0.579. The van der Waals surface area contributed by atoms with Crippen LogP contribution in [0.15, 0.2) is 51.6 Å². The molecule has 0 aromatic carbocycles. The predicted molar refractivity (Wildman–Crippen MR) is 69.5 cm³/mol. The van der Waals surface area contributed by atoms with Crippen molar-refractivity contribution in [2.45, 2.75) is 13.9 Å². The number of hydrogen-bond donors (Lipinski definition) is 0. The Kier molecular flexibility index (Phi) is 5.77. The topological polar surface area (TPSA) is 0 Å². The van der Waals surface area contributed by atoms with E-state index in [1.807, 2.05) is 0 Å². The summed E-state index contributed by atoms with van der Waals surface area (Å²) in [5.74, 6) is 2.30. The second-order valence-corrected chi connectivity index (χ2v) is 26.1. The first-order valence-electron chi connectivity index (χ1n) is 5.34. The van der Waals surface area contributed by atoms with Gasteiger partial charge in [0.15, 0.2) is 0 Å². The van der Waals surface area contributed by atoms with Gasteiger partial charge in [0.05, 0.1) is 0 Å². The smallest absolute Gasteiger partial charge is 1.00 e. The molecule has 0 aliphatic heterocycles. The van der Waals surface area contributed by atoms with Crippen LogP contribution in [0.4, 0.5) is 0 Å². The molecule has 1 heterocycles. The zero-order valence-corrected chi connectivity index (χ0v) is 15.4. The minimum Gasteiger partial charge on any atom is -1.00 e. The van der Waals surface area contributed by atoms with E-state index in [1.165, 1.54) is 5.57 Å². The van der Waals surface area contributed by atoms with E-state index in [4.69, 9.17) is 0 Å². The van der Waals surface area contributed by atoms with Gasteiger partial charge in [-0.25, -0.2) is 0 Å². The van der Waals surface area contributed by atoms with Crippen molar-refractivity contribution in [1.82, 2.24) is 0 Å². The third kappa shape index (κ3) is 3.08. The maximum Gasteiger partial charge on any atom is -1.00 e. The van der Waals surface area contributed by atoms with Crippen molar-refractivity contribution in [1.29, 1.82) is 0 Å². The van der Waals surface area contributed by atoms with Crippen molar-refractivity contribution < 1.29 is 43.6 Å². The van der Waals surface area contributed by atoms with Gasteiger partial charge in [0.25, 0.3) is 0 Å². The summed E-state index contributed by atoms with van der Waals surface area (Å²) >= 11 is -2.82. The van der Waals surface area contributed by atoms with Crippen molar-refractivity contribution in [3.05, 3.63) is 51.6 Å². The minimum atomic E-state index is -2.82. The number of rotatable bonds is 2. The average molecular weight is 367 g/mol. The second-order valence-electron chi connectivity index (χ2n) is 5.67. The first-order chi connectivity index (χ1) is 6.90. The second kappa shape index (κ2) is 5.62. The van der Waals surface area contributed by atoms with E-state index in [0.717, 1.165) is 8.19 Å². The molecule has 1 aromatic rings. The van der Waals surface area contributed by atoms with Gasteiger partial charge in [-0.3, -0.25) is 0 Å². The van der Waals surface area contributed by atoms with Crippen LogP contribution < -0.4 is 27.8 Å². The van der Waals surface area contributed by atoms with Gasteiger partial charge in [0.2, 0.25) is 0 Å². The van der Waals surface area contributed by atoms with E-state index in [1.54, 1.807) is 6.28 Å². The van der Waals surface area contributed by atoms with Crippen molar-refractivity contribution in [2.75, 3.05) is 0 Å². The van der Waals surface area contributed by atoms with Crippen LogP contribution in [0.5, 0.6) is 0 Å². The Labute approximate surface area is 119 Å². The van der Waals surface area contributed by atoms with Gasteiger partial charge in [-0.05, 0) is 0 Å². The van der Waals surface area contributed by atoms with Crippen molar-refractivity contribution in [3.8, 4) is 0 Å². The molecule has 0 N–H and O–H groups in total. The molecule has 0 nitrogen and oxygen atoms in total. The fraction of sp³-hybridized carbons (Fsp3) is 0.231. The average Bonchev–Trinajstić information content (AvgIpc) is 2.70. The van der Waals surface area contributed by atoms with Crippen LogP contribution in [0.1, 0.15) is 0 Å². The van der Waals surface area contributed by atoms with Gasteiger partial charge < -0.3 is 24.8 Å². The van der Waals surface area contributed by atoms with Gasteiger partial charge in [-0.15, -0.1) is 0 Å². The molecule has 2 rings (SSSR count). The Hall–Kier alpha value is 0.463. The molecule has 1 unspecified atom stereocenters. The third-order valence-electron chi connectivity index (χ3n) is 3.39. The minimum absolute atomic E-state index is 0. The standard InChI is InChI=1S/C6H5.C4H4P.3CH3.2ClH.Zr/c1-6-4-2-3-5-6;1-2-4-5-3-1;;;;;;/h2-4H,1H2;1-3,5H;3*1H3;2*1H;/q;;;;;;;+2/p-2. The van der Waals surface area contributed by atoms with E-state index in [-0.39, 0.29) is 24.8 Å². The van der Waals surface area contributed by atoms with Crippen molar-refractivity contribution in [2.24, 2.45) is 0 Å². The molecule has 0 amide bonds. The Bertz CT molecular complexity index is 461. The zero-order valence-electron chi connectivity index (χ0n) is 10.4. The first kappa shape index (κ1) is 17.5. The molecule has 4 heteroatoms. The largest absolute Gasteiger partial charge is 1.00 e. The normalized spacial score (nSPS) is 15.5. The SMILES string of the molecule is C=C1C=CC=[C]1[Zr+2]([CH3])([CH3])([CH3])[c]1ccc[pH]1.[Cl-].[Cl-]. The van der Waals surface area contributed by atoms with Gasteiger partial charge in [0, 0.05) is 0 Å². The molecule has 17 heavy (non-hydrogen) atoms. The van der Waals surface area contributed by atoms with Crippen LogP contribution >= 0.6 is 8.19 Å². The Morgan fingerprint density at radius 1 is 1.18 bits per heavy atom. The molecule has 93 valence electrons. The fourth-order valence-electron chi connectivity index (χ4n) is 2.33. The molecule has 0 spiro atoms. The first-order valence-corrected chi connectivity index (χ1v) is 16.3. The van der Waals surface area contributed by atoms with Crippen LogP contribution in [-0.4, -0.2) is 0 Å². The number of allylic oxidation sites excluding steroid dienone is 5. The fourth-order valence-corrected chi connectivity index (χ4v) is 15.6. The molecule has 1 aliphatic rings. The Morgan fingerprint density at radius 3 is 2.24 bits per heavy atom. The van der Waals surface area contributed by atoms with E-state index in [2.05, 4.69) is 56.6 Å². The predicted octanol–water partition coefficient (Wildman–Crippen LogP) is -1.80. The maximum absolute atomic E-state index is 4.17. The molecule has 1 aromatic heterocycles.